The molecular weight excluding hydrogens is 320 g/mol. The van der Waals surface area contributed by atoms with E-state index in [2.05, 4.69) is 46.4 Å². The van der Waals surface area contributed by atoms with Crippen LogP contribution in [0.15, 0.2) is 9.52 Å². The Bertz CT molecular complexity index is 537. The molecule has 1 aromatic heterocycles. The van der Waals surface area contributed by atoms with Crippen LogP contribution in [-0.4, -0.2) is 72.5 Å². The van der Waals surface area contributed by atoms with Crippen molar-refractivity contribution in [2.45, 2.75) is 46.1 Å². The third-order valence-corrected chi connectivity index (χ3v) is 4.26. The van der Waals surface area contributed by atoms with Crippen molar-refractivity contribution in [1.29, 1.82) is 0 Å². The van der Waals surface area contributed by atoms with Gasteiger partial charge in [0.1, 0.15) is 0 Å². The van der Waals surface area contributed by atoms with Crippen molar-refractivity contribution in [1.82, 2.24) is 25.7 Å². The lowest BCUT2D eigenvalue weighted by molar-refractivity contribution is -0.00683. The molecule has 0 amide bonds. The number of aryl methyl sites for hydroxylation is 2. The van der Waals surface area contributed by atoms with Gasteiger partial charge >= 0.3 is 0 Å². The van der Waals surface area contributed by atoms with Gasteiger partial charge in [-0.15, -0.1) is 0 Å². The van der Waals surface area contributed by atoms with Crippen molar-refractivity contribution < 1.29 is 9.26 Å². The molecule has 142 valence electrons. The highest BCUT2D eigenvalue weighted by Gasteiger charge is 2.28. The monoisotopic (exact) mass is 352 g/mol. The second-order valence-corrected chi connectivity index (χ2v) is 6.87. The molecule has 0 aliphatic carbocycles. The van der Waals surface area contributed by atoms with Gasteiger partial charge in [-0.1, -0.05) is 5.16 Å². The average Bonchev–Trinajstić information content (AvgIpc) is 3.02. The fraction of sp³-hybridized carbons (Fsp3) is 0.824. The van der Waals surface area contributed by atoms with Gasteiger partial charge in [0.25, 0.3) is 0 Å². The minimum absolute atomic E-state index is 0.0212. The second-order valence-electron chi connectivity index (χ2n) is 6.87. The van der Waals surface area contributed by atoms with Crippen LogP contribution in [0.3, 0.4) is 0 Å². The highest BCUT2D eigenvalue weighted by molar-refractivity contribution is 5.79. The summed E-state index contributed by atoms with van der Waals surface area (Å²) in [6, 6.07) is 0. The fourth-order valence-corrected chi connectivity index (χ4v) is 2.77. The molecule has 0 spiro atoms. The minimum Gasteiger partial charge on any atom is -0.379 e. The number of morpholine rings is 1. The molecule has 0 aromatic carbocycles. The van der Waals surface area contributed by atoms with E-state index in [1.165, 1.54) is 0 Å². The van der Waals surface area contributed by atoms with Gasteiger partial charge < -0.3 is 19.9 Å². The van der Waals surface area contributed by atoms with Crippen molar-refractivity contribution >= 4 is 5.96 Å². The molecule has 2 rings (SSSR count). The largest absolute Gasteiger partial charge is 0.379 e. The van der Waals surface area contributed by atoms with E-state index >= 15 is 0 Å². The first-order valence-electron chi connectivity index (χ1n) is 9.15. The molecular formula is C17H32N6O2. The van der Waals surface area contributed by atoms with Crippen LogP contribution < -0.4 is 10.6 Å². The number of aromatic nitrogens is 2. The van der Waals surface area contributed by atoms with E-state index in [9.17, 15) is 0 Å². The molecule has 8 heteroatoms. The van der Waals surface area contributed by atoms with Crippen molar-refractivity contribution in [3.05, 3.63) is 11.7 Å². The van der Waals surface area contributed by atoms with Crippen LogP contribution in [0, 0.1) is 6.92 Å². The molecule has 0 saturated carbocycles. The summed E-state index contributed by atoms with van der Waals surface area (Å²) in [6.45, 7) is 14.3. The molecule has 0 atom stereocenters. The molecule has 2 heterocycles. The first kappa shape index (κ1) is 19.7. The van der Waals surface area contributed by atoms with Crippen LogP contribution in [-0.2, 0) is 11.2 Å². The Balaban J connectivity index is 1.78. The van der Waals surface area contributed by atoms with E-state index in [0.29, 0.717) is 11.7 Å². The molecule has 0 unspecified atom stereocenters. The van der Waals surface area contributed by atoms with Crippen molar-refractivity contribution in [3.8, 4) is 0 Å². The molecule has 1 fully saturated rings. The zero-order valence-corrected chi connectivity index (χ0v) is 16.0. The Hall–Kier alpha value is -1.67. The molecule has 2 N–H and O–H groups in total. The van der Waals surface area contributed by atoms with Crippen LogP contribution in [0.5, 0.6) is 0 Å². The number of hydrogen-bond donors (Lipinski definition) is 2. The quantitative estimate of drug-likeness (QED) is 0.409. The van der Waals surface area contributed by atoms with Crippen LogP contribution in [0.25, 0.3) is 0 Å². The van der Waals surface area contributed by atoms with Crippen molar-refractivity contribution in [2.24, 2.45) is 4.99 Å². The van der Waals surface area contributed by atoms with Gasteiger partial charge in [-0.05, 0) is 34.1 Å². The van der Waals surface area contributed by atoms with Gasteiger partial charge in [0, 0.05) is 38.1 Å². The highest BCUT2D eigenvalue weighted by atomic mass is 16.5. The number of nitrogens with one attached hydrogen (secondary N) is 2. The zero-order chi connectivity index (χ0) is 18.1. The van der Waals surface area contributed by atoms with Gasteiger partial charge in [0.05, 0.1) is 19.8 Å². The van der Waals surface area contributed by atoms with Crippen LogP contribution >= 0.6 is 0 Å². The maximum absolute atomic E-state index is 5.44. The predicted octanol–water partition coefficient (Wildman–Crippen LogP) is 0.977. The van der Waals surface area contributed by atoms with E-state index in [1.807, 2.05) is 6.92 Å². The number of aliphatic imine (C=N–C) groups is 1. The first-order chi connectivity index (χ1) is 12.0. The number of nitrogens with zero attached hydrogens (tertiary/aromatic N) is 4. The summed E-state index contributed by atoms with van der Waals surface area (Å²) in [4.78, 5) is 11.4. The maximum Gasteiger partial charge on any atom is 0.226 e. The second kappa shape index (κ2) is 9.72. The number of rotatable bonds is 8. The molecule has 0 bridgehead atoms. The lowest BCUT2D eigenvalue weighted by atomic mass is 10.0. The topological polar surface area (TPSA) is 87.8 Å². The number of hydrogen-bond acceptors (Lipinski definition) is 6. The normalized spacial score (nSPS) is 16.9. The SMILES string of the molecule is CCNC(=NCC(C)(C)N1CCOCC1)NCCCc1nc(C)no1. The Labute approximate surface area is 150 Å². The fourth-order valence-electron chi connectivity index (χ4n) is 2.77. The van der Waals surface area contributed by atoms with E-state index in [4.69, 9.17) is 14.3 Å². The van der Waals surface area contributed by atoms with E-state index < -0.39 is 0 Å². The third kappa shape index (κ3) is 6.62. The van der Waals surface area contributed by atoms with Gasteiger partial charge in [0.2, 0.25) is 5.89 Å². The van der Waals surface area contributed by atoms with Gasteiger partial charge in [0.15, 0.2) is 11.8 Å². The summed E-state index contributed by atoms with van der Waals surface area (Å²) in [5.41, 5.74) is 0.0212. The molecule has 1 saturated heterocycles. The van der Waals surface area contributed by atoms with Gasteiger partial charge in [-0.2, -0.15) is 4.98 Å². The summed E-state index contributed by atoms with van der Waals surface area (Å²) in [7, 11) is 0. The molecule has 1 aliphatic rings. The summed E-state index contributed by atoms with van der Waals surface area (Å²) >= 11 is 0. The Morgan fingerprint density at radius 3 is 2.68 bits per heavy atom. The smallest absolute Gasteiger partial charge is 0.226 e. The number of ether oxygens (including phenoxy) is 1. The first-order valence-corrected chi connectivity index (χ1v) is 9.15. The van der Waals surface area contributed by atoms with Crippen LogP contribution in [0.2, 0.25) is 0 Å². The third-order valence-electron chi connectivity index (χ3n) is 4.26. The molecule has 25 heavy (non-hydrogen) atoms. The standard InChI is InChI=1S/C17H32N6O2/c1-5-18-16(19-8-6-7-15-21-14(2)22-25-15)20-13-17(3,4)23-9-11-24-12-10-23/h5-13H2,1-4H3,(H2,18,19,20). The zero-order valence-electron chi connectivity index (χ0n) is 16.0. The van der Waals surface area contributed by atoms with Gasteiger partial charge in [-0.3, -0.25) is 9.89 Å². The van der Waals surface area contributed by atoms with E-state index in [-0.39, 0.29) is 5.54 Å². The van der Waals surface area contributed by atoms with Crippen LogP contribution in [0.1, 0.15) is 38.9 Å². The molecule has 8 nitrogen and oxygen atoms in total. The number of guanidine groups is 1. The molecule has 0 radical (unpaired) electrons. The van der Waals surface area contributed by atoms with Crippen molar-refractivity contribution in [3.63, 3.8) is 0 Å². The highest BCUT2D eigenvalue weighted by Crippen LogP contribution is 2.16. The van der Waals surface area contributed by atoms with Crippen molar-refractivity contribution in [2.75, 3.05) is 45.9 Å². The van der Waals surface area contributed by atoms with E-state index in [1.54, 1.807) is 0 Å². The predicted molar refractivity (Wildman–Crippen MR) is 97.8 cm³/mol. The average molecular weight is 352 g/mol. The molecule has 1 aliphatic heterocycles. The summed E-state index contributed by atoms with van der Waals surface area (Å²) in [5.74, 6) is 2.23. The lowest BCUT2D eigenvalue weighted by Gasteiger charge is -2.39. The maximum atomic E-state index is 5.44. The van der Waals surface area contributed by atoms with E-state index in [0.717, 1.165) is 64.7 Å². The Morgan fingerprint density at radius 2 is 2.04 bits per heavy atom. The molecule has 1 aromatic rings. The Kier molecular flexibility index (Phi) is 7.64. The van der Waals surface area contributed by atoms with Gasteiger partial charge in [-0.25, -0.2) is 0 Å². The summed E-state index contributed by atoms with van der Waals surface area (Å²) in [5, 5.41) is 10.5. The van der Waals surface area contributed by atoms with Crippen LogP contribution in [0.4, 0.5) is 0 Å². The Morgan fingerprint density at radius 1 is 1.28 bits per heavy atom. The summed E-state index contributed by atoms with van der Waals surface area (Å²) in [6.07, 6.45) is 1.69. The summed E-state index contributed by atoms with van der Waals surface area (Å²) < 4.78 is 10.6. The minimum atomic E-state index is 0.0212. The lowest BCUT2D eigenvalue weighted by Crippen LogP contribution is -2.52.